The highest BCUT2D eigenvalue weighted by Crippen LogP contribution is 2.19. The van der Waals surface area contributed by atoms with Crippen molar-refractivity contribution in [1.29, 1.82) is 0 Å². The molecule has 160 valence electrons. The smallest absolute Gasteiger partial charge is 0.261 e. The Labute approximate surface area is 183 Å². The molecule has 30 heavy (non-hydrogen) atoms. The minimum atomic E-state index is -0.345. The normalized spacial score (nSPS) is 10.4. The van der Waals surface area contributed by atoms with Crippen LogP contribution in [0.1, 0.15) is 50.4 Å². The standard InChI is InChI=1S/C23H29N3O3S/c1-4-5-8-14-29-20-13-7-6-12-19(20)22(28)26-23(30)25-18-11-9-10-17(15-18)24-21(27)16(2)3/h6-7,9-13,15-16H,4-5,8,14H2,1-3H3,(H,24,27)(H2,25,26,28,30). The van der Waals surface area contributed by atoms with Gasteiger partial charge < -0.3 is 15.4 Å². The first-order valence-corrected chi connectivity index (χ1v) is 10.6. The second kappa shape index (κ2) is 11.9. The number of hydrogen-bond acceptors (Lipinski definition) is 4. The number of anilines is 2. The number of ether oxygens (including phenoxy) is 1. The second-order valence-electron chi connectivity index (χ2n) is 7.18. The van der Waals surface area contributed by atoms with Crippen LogP contribution in [-0.2, 0) is 4.79 Å². The van der Waals surface area contributed by atoms with Crippen LogP contribution in [0.5, 0.6) is 5.75 Å². The molecule has 0 fully saturated rings. The molecule has 3 N–H and O–H groups in total. The number of benzene rings is 2. The first-order valence-electron chi connectivity index (χ1n) is 10.2. The van der Waals surface area contributed by atoms with Gasteiger partial charge in [-0.15, -0.1) is 0 Å². The van der Waals surface area contributed by atoms with Gasteiger partial charge in [-0.25, -0.2) is 0 Å². The van der Waals surface area contributed by atoms with Crippen molar-refractivity contribution in [1.82, 2.24) is 5.32 Å². The zero-order valence-electron chi connectivity index (χ0n) is 17.7. The molecule has 0 radical (unpaired) electrons. The van der Waals surface area contributed by atoms with Crippen LogP contribution >= 0.6 is 12.2 Å². The molecule has 2 aromatic carbocycles. The fourth-order valence-corrected chi connectivity index (χ4v) is 2.82. The van der Waals surface area contributed by atoms with Crippen LogP contribution in [0.3, 0.4) is 0 Å². The number of unbranched alkanes of at least 4 members (excludes halogenated alkanes) is 2. The fourth-order valence-electron chi connectivity index (χ4n) is 2.61. The molecule has 2 amide bonds. The Morgan fingerprint density at radius 2 is 1.70 bits per heavy atom. The van der Waals surface area contributed by atoms with Gasteiger partial charge in [0, 0.05) is 17.3 Å². The maximum Gasteiger partial charge on any atom is 0.261 e. The third-order valence-corrected chi connectivity index (χ3v) is 4.48. The Balaban J connectivity index is 1.97. The SMILES string of the molecule is CCCCCOc1ccccc1C(=O)NC(=S)Nc1cccc(NC(=O)C(C)C)c1. The monoisotopic (exact) mass is 427 g/mol. The van der Waals surface area contributed by atoms with E-state index in [1.54, 1.807) is 42.5 Å². The predicted molar refractivity (Wildman–Crippen MR) is 125 cm³/mol. The summed E-state index contributed by atoms with van der Waals surface area (Å²) in [5.74, 6) is -0.0000301. The van der Waals surface area contributed by atoms with Crippen LogP contribution in [0.2, 0.25) is 0 Å². The van der Waals surface area contributed by atoms with Crippen LogP contribution in [0.25, 0.3) is 0 Å². The van der Waals surface area contributed by atoms with Gasteiger partial charge in [0.15, 0.2) is 5.11 Å². The van der Waals surface area contributed by atoms with Gasteiger partial charge in [-0.1, -0.05) is 51.8 Å². The van der Waals surface area contributed by atoms with Gasteiger partial charge in [0.25, 0.3) is 5.91 Å². The zero-order chi connectivity index (χ0) is 21.9. The van der Waals surface area contributed by atoms with Crippen LogP contribution < -0.4 is 20.7 Å². The van der Waals surface area contributed by atoms with E-state index in [-0.39, 0.29) is 22.8 Å². The molecular weight excluding hydrogens is 398 g/mol. The van der Waals surface area contributed by atoms with E-state index < -0.39 is 0 Å². The first-order chi connectivity index (χ1) is 14.4. The Morgan fingerprint density at radius 1 is 1.00 bits per heavy atom. The summed E-state index contributed by atoms with van der Waals surface area (Å²) in [7, 11) is 0. The molecule has 0 saturated heterocycles. The van der Waals surface area contributed by atoms with Crippen molar-refractivity contribution >= 4 is 40.5 Å². The zero-order valence-corrected chi connectivity index (χ0v) is 18.5. The molecule has 2 aromatic rings. The van der Waals surface area contributed by atoms with E-state index in [9.17, 15) is 9.59 Å². The molecule has 0 aliphatic heterocycles. The van der Waals surface area contributed by atoms with Gasteiger partial charge in [0.1, 0.15) is 5.75 Å². The maximum absolute atomic E-state index is 12.7. The molecule has 0 aromatic heterocycles. The molecule has 0 heterocycles. The summed E-state index contributed by atoms with van der Waals surface area (Å²) < 4.78 is 5.77. The number of carbonyl (C=O) groups is 2. The summed E-state index contributed by atoms with van der Waals surface area (Å²) in [6, 6.07) is 14.2. The lowest BCUT2D eigenvalue weighted by Crippen LogP contribution is -2.34. The van der Waals surface area contributed by atoms with Crippen molar-refractivity contribution in [3.05, 3.63) is 54.1 Å². The average molecular weight is 428 g/mol. The van der Waals surface area contributed by atoms with Crippen LogP contribution in [0.15, 0.2) is 48.5 Å². The van der Waals surface area contributed by atoms with Crippen molar-refractivity contribution in [2.24, 2.45) is 5.92 Å². The molecule has 0 aliphatic rings. The molecular formula is C23H29N3O3S. The number of hydrogen-bond donors (Lipinski definition) is 3. The predicted octanol–water partition coefficient (Wildman–Crippen LogP) is 4.98. The number of nitrogens with one attached hydrogen (secondary N) is 3. The van der Waals surface area contributed by atoms with Gasteiger partial charge in [0.2, 0.25) is 5.91 Å². The number of para-hydroxylation sites is 1. The molecule has 0 bridgehead atoms. The highest BCUT2D eigenvalue weighted by atomic mass is 32.1. The molecule has 0 spiro atoms. The van der Waals surface area contributed by atoms with Gasteiger partial charge >= 0.3 is 0 Å². The first kappa shape index (κ1) is 23.3. The largest absolute Gasteiger partial charge is 0.493 e. The molecule has 2 rings (SSSR count). The van der Waals surface area contributed by atoms with E-state index in [2.05, 4.69) is 22.9 Å². The van der Waals surface area contributed by atoms with E-state index in [0.717, 1.165) is 19.3 Å². The van der Waals surface area contributed by atoms with E-state index in [1.807, 2.05) is 19.9 Å². The topological polar surface area (TPSA) is 79.5 Å². The minimum Gasteiger partial charge on any atom is -0.493 e. The summed E-state index contributed by atoms with van der Waals surface area (Å²) in [5.41, 5.74) is 1.74. The number of rotatable bonds is 9. The lowest BCUT2D eigenvalue weighted by Gasteiger charge is -2.14. The van der Waals surface area contributed by atoms with Gasteiger partial charge in [-0.3, -0.25) is 14.9 Å². The molecule has 0 aliphatic carbocycles. The van der Waals surface area contributed by atoms with Crippen molar-refractivity contribution in [2.75, 3.05) is 17.2 Å². The van der Waals surface area contributed by atoms with Gasteiger partial charge in [-0.2, -0.15) is 0 Å². The Kier molecular flexibility index (Phi) is 9.28. The highest BCUT2D eigenvalue weighted by Gasteiger charge is 2.14. The summed E-state index contributed by atoms with van der Waals surface area (Å²) in [6.45, 7) is 6.35. The van der Waals surface area contributed by atoms with Crippen LogP contribution in [-0.4, -0.2) is 23.5 Å². The van der Waals surface area contributed by atoms with Gasteiger partial charge in [-0.05, 0) is 49.0 Å². The summed E-state index contributed by atoms with van der Waals surface area (Å²) in [5, 5.41) is 8.64. The Bertz CT molecular complexity index is 884. The van der Waals surface area contributed by atoms with Crippen LogP contribution in [0.4, 0.5) is 11.4 Å². The minimum absolute atomic E-state index is 0.0708. The lowest BCUT2D eigenvalue weighted by atomic mass is 10.2. The molecule has 0 saturated carbocycles. The van der Waals surface area contributed by atoms with E-state index in [0.29, 0.717) is 29.3 Å². The van der Waals surface area contributed by atoms with E-state index in [1.165, 1.54) is 0 Å². The highest BCUT2D eigenvalue weighted by molar-refractivity contribution is 7.80. The molecule has 6 nitrogen and oxygen atoms in total. The van der Waals surface area contributed by atoms with Crippen molar-refractivity contribution in [3.63, 3.8) is 0 Å². The summed E-state index contributed by atoms with van der Waals surface area (Å²) in [6.07, 6.45) is 3.13. The summed E-state index contributed by atoms with van der Waals surface area (Å²) >= 11 is 5.28. The van der Waals surface area contributed by atoms with E-state index in [4.69, 9.17) is 17.0 Å². The second-order valence-corrected chi connectivity index (χ2v) is 7.59. The van der Waals surface area contributed by atoms with Crippen molar-refractivity contribution in [3.8, 4) is 5.75 Å². The molecule has 0 unspecified atom stereocenters. The third kappa shape index (κ3) is 7.48. The van der Waals surface area contributed by atoms with Gasteiger partial charge in [0.05, 0.1) is 12.2 Å². The lowest BCUT2D eigenvalue weighted by molar-refractivity contribution is -0.118. The van der Waals surface area contributed by atoms with Crippen molar-refractivity contribution < 1.29 is 14.3 Å². The number of thiocarbonyl (C=S) groups is 1. The number of carbonyl (C=O) groups excluding carboxylic acids is 2. The Hall–Kier alpha value is -2.93. The van der Waals surface area contributed by atoms with Crippen LogP contribution in [0, 0.1) is 5.92 Å². The molecule has 0 atom stereocenters. The average Bonchev–Trinajstić information content (AvgIpc) is 2.71. The fraction of sp³-hybridized carbons (Fsp3) is 0.348. The quantitative estimate of drug-likeness (QED) is 0.389. The Morgan fingerprint density at radius 3 is 2.40 bits per heavy atom. The van der Waals surface area contributed by atoms with Crippen molar-refractivity contribution in [2.45, 2.75) is 40.0 Å². The van der Waals surface area contributed by atoms with E-state index >= 15 is 0 Å². The summed E-state index contributed by atoms with van der Waals surface area (Å²) in [4.78, 5) is 24.5. The maximum atomic E-state index is 12.7. The molecule has 7 heteroatoms. The number of amides is 2. The third-order valence-electron chi connectivity index (χ3n) is 4.28.